The van der Waals surface area contributed by atoms with Gasteiger partial charge in [0.05, 0.1) is 0 Å². The van der Waals surface area contributed by atoms with Gasteiger partial charge in [-0.1, -0.05) is 148 Å². The molecular formula is C41H56O. The van der Waals surface area contributed by atoms with E-state index in [1.807, 2.05) is 13.8 Å². The summed E-state index contributed by atoms with van der Waals surface area (Å²) in [6, 6.07) is 0. The first kappa shape index (κ1) is 35.0. The Hall–Kier alpha value is -3.19. The molecule has 2 aliphatic carbocycles. The highest BCUT2D eigenvalue weighted by Gasteiger charge is 2.35. The van der Waals surface area contributed by atoms with Crippen LogP contribution in [0.25, 0.3) is 0 Å². The maximum absolute atomic E-state index is 12.5. The summed E-state index contributed by atoms with van der Waals surface area (Å²) in [6.07, 6.45) is 34.7. The number of ketones is 1. The molecule has 1 atom stereocenters. The number of Topliss-reactive ketones (excluding diaryl/α,β-unsaturated/α-hetero) is 1. The Bertz CT molecular complexity index is 1330. The fourth-order valence-electron chi connectivity index (χ4n) is 6.11. The Balaban J connectivity index is 1.92. The van der Waals surface area contributed by atoms with Gasteiger partial charge in [0.25, 0.3) is 0 Å². The van der Waals surface area contributed by atoms with Gasteiger partial charge >= 0.3 is 0 Å². The molecule has 0 aliphatic heterocycles. The van der Waals surface area contributed by atoms with E-state index in [1.165, 1.54) is 47.1 Å². The van der Waals surface area contributed by atoms with Gasteiger partial charge < -0.3 is 0 Å². The van der Waals surface area contributed by atoms with Crippen molar-refractivity contribution in [2.75, 3.05) is 0 Å². The number of rotatable bonds is 10. The molecule has 0 radical (unpaired) electrons. The van der Waals surface area contributed by atoms with E-state index in [9.17, 15) is 4.79 Å². The van der Waals surface area contributed by atoms with Gasteiger partial charge in [-0.3, -0.25) is 4.79 Å². The first-order valence-corrected chi connectivity index (χ1v) is 15.7. The van der Waals surface area contributed by atoms with Gasteiger partial charge in [0.15, 0.2) is 5.78 Å². The second-order valence-corrected chi connectivity index (χ2v) is 13.7. The van der Waals surface area contributed by atoms with Gasteiger partial charge in [0, 0.05) is 5.92 Å². The minimum Gasteiger partial charge on any atom is -0.294 e. The molecule has 1 nitrogen and oxygen atoms in total. The van der Waals surface area contributed by atoms with Crippen LogP contribution in [0.3, 0.4) is 0 Å². The van der Waals surface area contributed by atoms with Crippen LogP contribution in [0.4, 0.5) is 0 Å². The van der Waals surface area contributed by atoms with Crippen molar-refractivity contribution < 1.29 is 4.79 Å². The van der Waals surface area contributed by atoms with Gasteiger partial charge in [-0.15, -0.1) is 0 Å². The molecule has 0 saturated carbocycles. The summed E-state index contributed by atoms with van der Waals surface area (Å²) >= 11 is 0. The maximum atomic E-state index is 12.5. The lowest BCUT2D eigenvalue weighted by molar-refractivity contribution is -0.120. The lowest BCUT2D eigenvalue weighted by atomic mass is 9.68. The van der Waals surface area contributed by atoms with Gasteiger partial charge in [-0.05, 0) is 94.8 Å². The Morgan fingerprint density at radius 2 is 1.12 bits per heavy atom. The summed E-state index contributed by atoms with van der Waals surface area (Å²) in [5.41, 5.74) is 10.2. The van der Waals surface area contributed by atoms with Crippen LogP contribution in [0.1, 0.15) is 102 Å². The highest BCUT2D eigenvalue weighted by molar-refractivity contribution is 5.98. The van der Waals surface area contributed by atoms with Gasteiger partial charge in [0.1, 0.15) is 0 Å². The number of hydrogen-bond donors (Lipinski definition) is 0. The molecule has 0 fully saturated rings. The van der Waals surface area contributed by atoms with Crippen LogP contribution in [0.2, 0.25) is 0 Å². The lowest BCUT2D eigenvalue weighted by Crippen LogP contribution is -2.30. The van der Waals surface area contributed by atoms with Gasteiger partial charge in [-0.2, -0.15) is 0 Å². The van der Waals surface area contributed by atoms with Crippen molar-refractivity contribution in [3.63, 3.8) is 0 Å². The molecule has 0 N–H and O–H groups in total. The zero-order valence-corrected chi connectivity index (χ0v) is 28.4. The number of hydrogen-bond acceptors (Lipinski definition) is 1. The second kappa shape index (κ2) is 15.9. The average Bonchev–Trinajstić information content (AvgIpc) is 2.88. The largest absolute Gasteiger partial charge is 0.294 e. The predicted octanol–water partition coefficient (Wildman–Crippen LogP) is 12.0. The predicted molar refractivity (Wildman–Crippen MR) is 186 cm³/mol. The summed E-state index contributed by atoms with van der Waals surface area (Å²) in [5.74, 6) is 0.393. The highest BCUT2D eigenvalue weighted by atomic mass is 16.1. The van der Waals surface area contributed by atoms with Crippen molar-refractivity contribution in [3.05, 3.63) is 130 Å². The molecule has 1 heteroatoms. The van der Waals surface area contributed by atoms with Crippen molar-refractivity contribution in [1.82, 2.24) is 0 Å². The van der Waals surface area contributed by atoms with E-state index >= 15 is 0 Å². The van der Waals surface area contributed by atoms with E-state index in [-0.39, 0.29) is 22.5 Å². The summed E-state index contributed by atoms with van der Waals surface area (Å²) in [6.45, 7) is 24.0. The standard InChI is InChI=1S/C41H56O/c1-30(19-14-21-32(3)24-26-37-34(5)23-16-28-40(37,8)9)17-12-13-18-31(2)20-15-22-33(4)25-27-38-36(7)39(42)35(6)29-41(38,10)11/h12-15,17-22,24-27,35H,16,23,28-29H2,1-11H3/b13-12+,19-14+,20-15+,26-24+,27-25+,30-17+,31-18+,32-21+,33-22+. The van der Waals surface area contributed by atoms with E-state index in [0.717, 1.165) is 23.1 Å². The molecule has 0 bridgehead atoms. The summed E-state index contributed by atoms with van der Waals surface area (Å²) < 4.78 is 0. The van der Waals surface area contributed by atoms with Crippen molar-refractivity contribution in [1.29, 1.82) is 0 Å². The van der Waals surface area contributed by atoms with Crippen molar-refractivity contribution in [3.8, 4) is 0 Å². The Morgan fingerprint density at radius 1 is 0.667 bits per heavy atom. The third-order valence-corrected chi connectivity index (χ3v) is 8.60. The monoisotopic (exact) mass is 564 g/mol. The molecule has 0 amide bonds. The average molecular weight is 565 g/mol. The Kier molecular flexibility index (Phi) is 13.2. The van der Waals surface area contributed by atoms with Crippen molar-refractivity contribution >= 4 is 5.78 Å². The summed E-state index contributed by atoms with van der Waals surface area (Å²) in [7, 11) is 0. The van der Waals surface area contributed by atoms with Crippen LogP contribution in [-0.2, 0) is 4.79 Å². The topological polar surface area (TPSA) is 17.1 Å². The van der Waals surface area contributed by atoms with E-state index in [4.69, 9.17) is 0 Å². The Morgan fingerprint density at radius 3 is 1.62 bits per heavy atom. The normalized spacial score (nSPS) is 23.3. The van der Waals surface area contributed by atoms with E-state index in [0.29, 0.717) is 0 Å². The van der Waals surface area contributed by atoms with Crippen LogP contribution in [-0.4, -0.2) is 5.78 Å². The van der Waals surface area contributed by atoms with E-state index in [2.05, 4.69) is 147 Å². The number of allylic oxidation sites excluding steroid dienone is 22. The first-order valence-electron chi connectivity index (χ1n) is 15.7. The lowest BCUT2D eigenvalue weighted by Gasteiger charge is -2.35. The summed E-state index contributed by atoms with van der Waals surface area (Å²) in [4.78, 5) is 12.5. The van der Waals surface area contributed by atoms with Gasteiger partial charge in [0.2, 0.25) is 0 Å². The van der Waals surface area contributed by atoms with E-state index < -0.39 is 0 Å². The minimum atomic E-state index is 0.0224. The van der Waals surface area contributed by atoms with Crippen molar-refractivity contribution in [2.24, 2.45) is 16.7 Å². The molecule has 2 rings (SSSR count). The molecule has 0 aromatic carbocycles. The molecule has 0 saturated heterocycles. The Labute approximate surface area is 258 Å². The zero-order valence-electron chi connectivity index (χ0n) is 28.4. The molecular weight excluding hydrogens is 508 g/mol. The molecule has 2 aliphatic rings. The smallest absolute Gasteiger partial charge is 0.161 e. The molecule has 0 aromatic heterocycles. The fourth-order valence-corrected chi connectivity index (χ4v) is 6.11. The quantitative estimate of drug-likeness (QED) is 0.241. The summed E-state index contributed by atoms with van der Waals surface area (Å²) in [5, 5.41) is 0. The second-order valence-electron chi connectivity index (χ2n) is 13.7. The zero-order chi connectivity index (χ0) is 31.5. The van der Waals surface area contributed by atoms with Crippen LogP contribution in [0.5, 0.6) is 0 Å². The number of carbonyl (C=O) groups excluding carboxylic acids is 1. The van der Waals surface area contributed by atoms with Crippen molar-refractivity contribution in [2.45, 2.75) is 102 Å². The highest BCUT2D eigenvalue weighted by Crippen LogP contribution is 2.42. The first-order chi connectivity index (χ1) is 19.6. The fraction of sp³-hybridized carbons (Fsp3) is 0.439. The molecule has 1 unspecified atom stereocenters. The number of carbonyl (C=O) groups is 1. The minimum absolute atomic E-state index is 0.0224. The van der Waals surface area contributed by atoms with Crippen LogP contribution in [0.15, 0.2) is 130 Å². The third-order valence-electron chi connectivity index (χ3n) is 8.60. The molecule has 0 spiro atoms. The molecule has 0 heterocycles. The molecule has 42 heavy (non-hydrogen) atoms. The molecule has 226 valence electrons. The van der Waals surface area contributed by atoms with Crippen LogP contribution < -0.4 is 0 Å². The molecule has 0 aromatic rings. The third kappa shape index (κ3) is 10.9. The SMILES string of the molecule is CC1=C(/C=C/C(C)=C/C=C/C(C)=C/C=C/C=C(C)/C=C/C=C(C)/C=C/C2=C(C)C(=O)C(C)CC2(C)C)C(C)(C)CCC1. The van der Waals surface area contributed by atoms with Crippen LogP contribution >= 0.6 is 0 Å². The maximum Gasteiger partial charge on any atom is 0.161 e. The van der Waals surface area contributed by atoms with Gasteiger partial charge in [-0.25, -0.2) is 0 Å². The van der Waals surface area contributed by atoms with Crippen LogP contribution in [0, 0.1) is 16.7 Å². The van der Waals surface area contributed by atoms with E-state index in [1.54, 1.807) is 0 Å².